The maximum atomic E-state index is 11.2. The highest BCUT2D eigenvalue weighted by Gasteiger charge is 2.21. The Bertz CT molecular complexity index is 574. The van der Waals surface area contributed by atoms with Crippen LogP contribution in [0.1, 0.15) is 22.4 Å². The van der Waals surface area contributed by atoms with E-state index in [9.17, 15) is 14.9 Å². The lowest BCUT2D eigenvalue weighted by Gasteiger charge is -1.95. The minimum Gasteiger partial charge on any atom is -0.468 e. The Hall–Kier alpha value is -1.60. The number of rotatable bonds is 5. The van der Waals surface area contributed by atoms with Crippen LogP contribution in [0.3, 0.4) is 0 Å². The Morgan fingerprint density at radius 3 is 2.94 bits per heavy atom. The van der Waals surface area contributed by atoms with Gasteiger partial charge in [0.05, 0.1) is 21.8 Å². The number of nitro groups is 1. The Morgan fingerprint density at radius 2 is 2.39 bits per heavy atom. The first-order valence-corrected chi connectivity index (χ1v) is 6.82. The van der Waals surface area contributed by atoms with E-state index in [1.807, 2.05) is 0 Å². The molecule has 7 heteroatoms. The first-order valence-electron chi connectivity index (χ1n) is 5.02. The average molecular weight is 283 g/mol. The third-order valence-corrected chi connectivity index (χ3v) is 4.67. The van der Waals surface area contributed by atoms with Gasteiger partial charge in [-0.3, -0.25) is 14.9 Å². The zero-order valence-electron chi connectivity index (χ0n) is 9.41. The van der Waals surface area contributed by atoms with Gasteiger partial charge in [0, 0.05) is 6.07 Å². The van der Waals surface area contributed by atoms with Crippen molar-refractivity contribution in [1.82, 2.24) is 0 Å². The highest BCUT2D eigenvalue weighted by Crippen LogP contribution is 2.39. The smallest absolute Gasteiger partial charge is 0.294 e. The van der Waals surface area contributed by atoms with Crippen molar-refractivity contribution in [2.45, 2.75) is 16.9 Å². The van der Waals surface area contributed by atoms with Gasteiger partial charge >= 0.3 is 0 Å². The van der Waals surface area contributed by atoms with Crippen LogP contribution < -0.4 is 0 Å². The summed E-state index contributed by atoms with van der Waals surface area (Å²) in [5.41, 5.74) is -0.0123. The molecule has 0 fully saturated rings. The topological polar surface area (TPSA) is 73.3 Å². The monoisotopic (exact) mass is 283 g/mol. The number of thioether (sulfide) groups is 1. The van der Waals surface area contributed by atoms with Crippen LogP contribution in [-0.2, 0) is 5.75 Å². The minimum absolute atomic E-state index is 0.0123. The molecule has 0 radical (unpaired) electrons. The summed E-state index contributed by atoms with van der Waals surface area (Å²) in [5.74, 6) is 1.09. The minimum atomic E-state index is -0.465. The van der Waals surface area contributed by atoms with E-state index in [4.69, 9.17) is 4.42 Å². The predicted molar refractivity (Wildman–Crippen MR) is 69.2 cm³/mol. The van der Waals surface area contributed by atoms with Gasteiger partial charge in [0.2, 0.25) is 0 Å². The van der Waals surface area contributed by atoms with Crippen molar-refractivity contribution in [2.24, 2.45) is 0 Å². The fraction of sp³-hybridized carbons (Fsp3) is 0.182. The van der Waals surface area contributed by atoms with Crippen LogP contribution in [-0.4, -0.2) is 10.7 Å². The predicted octanol–water partition coefficient (Wildman–Crippen LogP) is 3.74. The number of carbonyl (C=O) groups excluding carboxylic acids is 1. The summed E-state index contributed by atoms with van der Waals surface area (Å²) in [6, 6.07) is 4.90. The van der Waals surface area contributed by atoms with Gasteiger partial charge in [-0.05, 0) is 19.1 Å². The number of furan rings is 1. The Kier molecular flexibility index (Phi) is 3.83. The average Bonchev–Trinajstić information content (AvgIpc) is 2.95. The molecule has 0 aliphatic carbocycles. The molecular weight excluding hydrogens is 274 g/mol. The Labute approximate surface area is 111 Å². The second kappa shape index (κ2) is 5.36. The molecule has 2 rings (SSSR count). The lowest BCUT2D eigenvalue weighted by atomic mass is 10.3. The first kappa shape index (κ1) is 12.8. The molecule has 2 aromatic rings. The van der Waals surface area contributed by atoms with Crippen molar-refractivity contribution < 1.29 is 14.1 Å². The molecule has 0 aromatic carbocycles. The summed E-state index contributed by atoms with van der Waals surface area (Å²) < 4.78 is 5.69. The molecule has 0 unspecified atom stereocenters. The van der Waals surface area contributed by atoms with Gasteiger partial charge < -0.3 is 4.42 Å². The molecule has 0 spiro atoms. The first-order chi connectivity index (χ1) is 8.58. The normalized spacial score (nSPS) is 10.5. The highest BCUT2D eigenvalue weighted by atomic mass is 32.2. The highest BCUT2D eigenvalue weighted by molar-refractivity contribution is 8.00. The molecule has 0 amide bonds. The van der Waals surface area contributed by atoms with Crippen LogP contribution in [0.5, 0.6) is 0 Å². The number of Topliss-reactive ketones (excluding diaryl/α,β-unsaturated/α-hetero) is 1. The Morgan fingerprint density at radius 1 is 1.61 bits per heavy atom. The fourth-order valence-electron chi connectivity index (χ4n) is 1.30. The summed E-state index contributed by atoms with van der Waals surface area (Å²) in [6.45, 7) is 1.40. The van der Waals surface area contributed by atoms with Crippen molar-refractivity contribution in [3.63, 3.8) is 0 Å². The summed E-state index contributed by atoms with van der Waals surface area (Å²) in [4.78, 5) is 22.1. The standard InChI is InChI=1S/C11H9NO4S2/c1-7(13)10-5-9(12(14)15)11(18-10)17-6-8-3-2-4-16-8/h2-5H,6H2,1H3. The third kappa shape index (κ3) is 2.80. The summed E-state index contributed by atoms with van der Waals surface area (Å²) >= 11 is 2.45. The lowest BCUT2D eigenvalue weighted by Crippen LogP contribution is -1.88. The van der Waals surface area contributed by atoms with Crippen LogP contribution in [0.15, 0.2) is 33.1 Å². The molecule has 5 nitrogen and oxygen atoms in total. The van der Waals surface area contributed by atoms with E-state index in [1.54, 1.807) is 18.4 Å². The quantitative estimate of drug-likeness (QED) is 0.361. The van der Waals surface area contributed by atoms with E-state index in [2.05, 4.69) is 0 Å². The maximum absolute atomic E-state index is 11.2. The summed E-state index contributed by atoms with van der Waals surface area (Å²) in [5, 5.41) is 10.9. The summed E-state index contributed by atoms with van der Waals surface area (Å²) in [7, 11) is 0. The number of hydrogen-bond donors (Lipinski definition) is 0. The second-order valence-corrected chi connectivity index (χ2v) is 5.76. The molecule has 0 atom stereocenters. The van der Waals surface area contributed by atoms with Gasteiger partial charge in [-0.15, -0.1) is 23.1 Å². The van der Waals surface area contributed by atoms with E-state index in [1.165, 1.54) is 24.8 Å². The largest absolute Gasteiger partial charge is 0.468 e. The lowest BCUT2D eigenvalue weighted by molar-refractivity contribution is -0.387. The van der Waals surface area contributed by atoms with Crippen molar-refractivity contribution in [3.05, 3.63) is 45.2 Å². The third-order valence-electron chi connectivity index (χ3n) is 2.15. The SMILES string of the molecule is CC(=O)c1cc([N+](=O)[O-])c(SCc2ccco2)s1. The van der Waals surface area contributed by atoms with Gasteiger partial charge in [0.15, 0.2) is 5.78 Å². The van der Waals surface area contributed by atoms with E-state index in [0.29, 0.717) is 14.8 Å². The Balaban J connectivity index is 2.20. The van der Waals surface area contributed by atoms with Crippen LogP contribution >= 0.6 is 23.1 Å². The molecule has 0 bridgehead atoms. The zero-order chi connectivity index (χ0) is 13.1. The molecule has 94 valence electrons. The van der Waals surface area contributed by atoms with Crippen molar-refractivity contribution in [1.29, 1.82) is 0 Å². The second-order valence-electron chi connectivity index (χ2n) is 3.46. The molecule has 2 heterocycles. The molecule has 0 saturated carbocycles. The zero-order valence-corrected chi connectivity index (χ0v) is 11.0. The molecule has 2 aromatic heterocycles. The van der Waals surface area contributed by atoms with Gasteiger partial charge in [-0.25, -0.2) is 0 Å². The van der Waals surface area contributed by atoms with Crippen LogP contribution in [0.25, 0.3) is 0 Å². The number of hydrogen-bond acceptors (Lipinski definition) is 6. The van der Waals surface area contributed by atoms with Crippen LogP contribution in [0.4, 0.5) is 5.69 Å². The molecule has 0 N–H and O–H groups in total. The van der Waals surface area contributed by atoms with E-state index < -0.39 is 4.92 Å². The van der Waals surface area contributed by atoms with Crippen molar-refractivity contribution in [2.75, 3.05) is 0 Å². The molecular formula is C11H9NO4S2. The van der Waals surface area contributed by atoms with E-state index in [-0.39, 0.29) is 11.5 Å². The van der Waals surface area contributed by atoms with Crippen LogP contribution in [0.2, 0.25) is 0 Å². The van der Waals surface area contributed by atoms with Gasteiger partial charge in [0.1, 0.15) is 9.97 Å². The number of ketones is 1. The molecule has 0 saturated heterocycles. The molecule has 0 aliphatic rings. The maximum Gasteiger partial charge on any atom is 0.294 e. The number of carbonyl (C=O) groups is 1. The van der Waals surface area contributed by atoms with Gasteiger partial charge in [0.25, 0.3) is 5.69 Å². The number of thiophene rings is 1. The molecule has 0 aliphatic heterocycles. The van der Waals surface area contributed by atoms with E-state index >= 15 is 0 Å². The van der Waals surface area contributed by atoms with Crippen molar-refractivity contribution >= 4 is 34.6 Å². The number of nitrogens with zero attached hydrogens (tertiary/aromatic N) is 1. The van der Waals surface area contributed by atoms with Gasteiger partial charge in [-0.2, -0.15) is 0 Å². The fourth-order valence-corrected chi connectivity index (χ4v) is 3.45. The van der Waals surface area contributed by atoms with Crippen molar-refractivity contribution in [3.8, 4) is 0 Å². The summed E-state index contributed by atoms with van der Waals surface area (Å²) in [6.07, 6.45) is 1.56. The van der Waals surface area contributed by atoms with Gasteiger partial charge in [-0.1, -0.05) is 0 Å². The van der Waals surface area contributed by atoms with E-state index in [0.717, 1.165) is 17.1 Å². The van der Waals surface area contributed by atoms with Crippen LogP contribution in [0, 0.1) is 10.1 Å². The molecule has 18 heavy (non-hydrogen) atoms.